The smallest absolute Gasteiger partial charge is 0.223 e. The third kappa shape index (κ3) is 1.69. The quantitative estimate of drug-likeness (QED) is 0.676. The second kappa shape index (κ2) is 3.65. The van der Waals surface area contributed by atoms with Gasteiger partial charge >= 0.3 is 0 Å². The minimum Gasteiger partial charge on any atom is -0.447 e. The molecule has 14 heavy (non-hydrogen) atoms. The summed E-state index contributed by atoms with van der Waals surface area (Å²) >= 11 is 0. The van der Waals surface area contributed by atoms with Crippen molar-refractivity contribution in [2.24, 2.45) is 5.92 Å². The van der Waals surface area contributed by atoms with E-state index in [0.29, 0.717) is 13.0 Å². The molecule has 1 saturated heterocycles. The summed E-state index contributed by atoms with van der Waals surface area (Å²) < 4.78 is 5.08. The maximum atomic E-state index is 11.5. The van der Waals surface area contributed by atoms with Crippen molar-refractivity contribution in [1.29, 1.82) is 0 Å². The summed E-state index contributed by atoms with van der Waals surface area (Å²) in [4.78, 5) is 17.1. The molecule has 1 unspecified atom stereocenters. The summed E-state index contributed by atoms with van der Waals surface area (Å²) in [7, 11) is 0. The highest BCUT2D eigenvalue weighted by Gasteiger charge is 2.27. The van der Waals surface area contributed by atoms with E-state index in [4.69, 9.17) is 4.42 Å². The predicted octanol–water partition coefficient (Wildman–Crippen LogP) is 1.21. The molecule has 1 aromatic rings. The Morgan fingerprint density at radius 2 is 2.64 bits per heavy atom. The summed E-state index contributed by atoms with van der Waals surface area (Å²) in [5, 5.41) is 0. The molecule has 0 aromatic carbocycles. The Labute approximate surface area is 82.2 Å². The number of likely N-dealkylation sites (tertiary alicyclic amines) is 1. The fraction of sp³-hybridized carbons (Fsp3) is 0.400. The van der Waals surface area contributed by atoms with Crippen molar-refractivity contribution >= 4 is 5.91 Å². The zero-order valence-corrected chi connectivity index (χ0v) is 7.85. The molecular weight excluding hydrogens is 180 g/mol. The first-order chi connectivity index (χ1) is 6.79. The van der Waals surface area contributed by atoms with Crippen molar-refractivity contribution in [3.05, 3.63) is 31.0 Å². The highest BCUT2D eigenvalue weighted by atomic mass is 16.3. The number of nitrogens with zero attached hydrogens (tertiary/aromatic N) is 2. The second-order valence-electron chi connectivity index (χ2n) is 3.44. The third-order valence-electron chi connectivity index (χ3n) is 2.41. The van der Waals surface area contributed by atoms with Crippen LogP contribution in [-0.4, -0.2) is 22.3 Å². The van der Waals surface area contributed by atoms with Crippen LogP contribution < -0.4 is 0 Å². The lowest BCUT2D eigenvalue weighted by Gasteiger charge is -2.13. The molecule has 0 aliphatic carbocycles. The van der Waals surface area contributed by atoms with Gasteiger partial charge in [-0.05, 0) is 0 Å². The zero-order valence-electron chi connectivity index (χ0n) is 7.85. The van der Waals surface area contributed by atoms with E-state index in [1.165, 1.54) is 6.39 Å². The lowest BCUT2D eigenvalue weighted by Crippen LogP contribution is -2.24. The second-order valence-corrected chi connectivity index (χ2v) is 3.44. The number of aromatic nitrogens is 1. The fourth-order valence-corrected chi connectivity index (χ4v) is 1.62. The van der Waals surface area contributed by atoms with Gasteiger partial charge in [-0.15, -0.1) is 6.58 Å². The van der Waals surface area contributed by atoms with Crippen LogP contribution in [0.4, 0.5) is 0 Å². The molecule has 74 valence electrons. The molecule has 1 aromatic heterocycles. The van der Waals surface area contributed by atoms with Gasteiger partial charge in [0, 0.05) is 18.9 Å². The van der Waals surface area contributed by atoms with E-state index < -0.39 is 0 Å². The summed E-state index contributed by atoms with van der Waals surface area (Å²) in [5.74, 6) is 1.17. The Kier molecular flexibility index (Phi) is 2.35. The Morgan fingerprint density at radius 3 is 3.21 bits per heavy atom. The van der Waals surface area contributed by atoms with Crippen molar-refractivity contribution in [2.75, 3.05) is 6.54 Å². The molecule has 1 atom stereocenters. The molecule has 1 amide bonds. The van der Waals surface area contributed by atoms with Crippen molar-refractivity contribution < 1.29 is 9.21 Å². The number of carbonyl (C=O) groups is 1. The monoisotopic (exact) mass is 192 g/mol. The number of hydrogen-bond acceptors (Lipinski definition) is 3. The van der Waals surface area contributed by atoms with Gasteiger partial charge in [0.05, 0.1) is 12.7 Å². The van der Waals surface area contributed by atoms with E-state index in [9.17, 15) is 4.79 Å². The van der Waals surface area contributed by atoms with E-state index in [1.54, 1.807) is 11.1 Å². The van der Waals surface area contributed by atoms with Gasteiger partial charge in [-0.3, -0.25) is 4.79 Å². The Hall–Kier alpha value is -1.58. The molecule has 0 saturated carbocycles. The van der Waals surface area contributed by atoms with Crippen LogP contribution in [0.15, 0.2) is 29.7 Å². The molecule has 0 radical (unpaired) electrons. The van der Waals surface area contributed by atoms with Crippen LogP contribution in [-0.2, 0) is 11.3 Å². The van der Waals surface area contributed by atoms with E-state index in [-0.39, 0.29) is 11.8 Å². The van der Waals surface area contributed by atoms with Gasteiger partial charge in [-0.1, -0.05) is 6.08 Å². The molecule has 4 heteroatoms. The van der Waals surface area contributed by atoms with Gasteiger partial charge in [0.2, 0.25) is 5.91 Å². The van der Waals surface area contributed by atoms with Crippen LogP contribution in [0.1, 0.15) is 12.2 Å². The number of rotatable bonds is 3. The SMILES string of the molecule is C=CC1CC(=O)N(Cc2cnco2)C1. The van der Waals surface area contributed by atoms with Gasteiger partial charge in [0.1, 0.15) is 5.76 Å². The summed E-state index contributed by atoms with van der Waals surface area (Å²) in [6.45, 7) is 4.95. The summed E-state index contributed by atoms with van der Waals surface area (Å²) in [5.41, 5.74) is 0. The van der Waals surface area contributed by atoms with Gasteiger partial charge in [0.15, 0.2) is 6.39 Å². The molecule has 0 spiro atoms. The number of carbonyl (C=O) groups excluding carboxylic acids is 1. The lowest BCUT2D eigenvalue weighted by molar-refractivity contribution is -0.128. The van der Waals surface area contributed by atoms with Gasteiger partial charge < -0.3 is 9.32 Å². The predicted molar refractivity (Wildman–Crippen MR) is 50.2 cm³/mol. The van der Waals surface area contributed by atoms with Crippen LogP contribution in [0.3, 0.4) is 0 Å². The number of amides is 1. The summed E-state index contributed by atoms with van der Waals surface area (Å²) in [6.07, 6.45) is 5.41. The fourth-order valence-electron chi connectivity index (χ4n) is 1.62. The van der Waals surface area contributed by atoms with Crippen LogP contribution in [0.25, 0.3) is 0 Å². The molecule has 2 rings (SSSR count). The molecule has 2 heterocycles. The van der Waals surface area contributed by atoms with Crippen molar-refractivity contribution in [1.82, 2.24) is 9.88 Å². The first-order valence-electron chi connectivity index (χ1n) is 4.57. The standard InChI is InChI=1S/C10H12N2O2/c1-2-8-3-10(13)12(5-8)6-9-4-11-7-14-9/h2,4,7-8H,1,3,5-6H2. The minimum atomic E-state index is 0.159. The average molecular weight is 192 g/mol. The first kappa shape index (κ1) is 8.99. The highest BCUT2D eigenvalue weighted by Crippen LogP contribution is 2.20. The molecular formula is C10H12N2O2. The Balaban J connectivity index is 1.99. The van der Waals surface area contributed by atoms with Gasteiger partial charge in [0.25, 0.3) is 0 Å². The molecule has 1 fully saturated rings. The number of oxazole rings is 1. The van der Waals surface area contributed by atoms with Crippen molar-refractivity contribution in [3.8, 4) is 0 Å². The Bertz CT molecular complexity index is 332. The van der Waals surface area contributed by atoms with Gasteiger partial charge in [-0.2, -0.15) is 0 Å². The molecule has 1 aliphatic rings. The van der Waals surface area contributed by atoms with Gasteiger partial charge in [-0.25, -0.2) is 4.98 Å². The molecule has 0 bridgehead atoms. The van der Waals surface area contributed by atoms with Crippen molar-refractivity contribution in [3.63, 3.8) is 0 Å². The van der Waals surface area contributed by atoms with Crippen LogP contribution in [0.5, 0.6) is 0 Å². The Morgan fingerprint density at radius 1 is 1.79 bits per heavy atom. The third-order valence-corrected chi connectivity index (χ3v) is 2.41. The molecule has 1 aliphatic heterocycles. The van der Waals surface area contributed by atoms with Crippen molar-refractivity contribution in [2.45, 2.75) is 13.0 Å². The minimum absolute atomic E-state index is 0.159. The average Bonchev–Trinajstić information content (AvgIpc) is 2.78. The van der Waals surface area contributed by atoms with Crippen LogP contribution in [0.2, 0.25) is 0 Å². The van der Waals surface area contributed by atoms with E-state index >= 15 is 0 Å². The topological polar surface area (TPSA) is 46.3 Å². The highest BCUT2D eigenvalue weighted by molar-refractivity contribution is 5.78. The normalized spacial score (nSPS) is 21.6. The van der Waals surface area contributed by atoms with E-state index in [0.717, 1.165) is 12.3 Å². The lowest BCUT2D eigenvalue weighted by atomic mass is 10.1. The zero-order chi connectivity index (χ0) is 9.97. The largest absolute Gasteiger partial charge is 0.447 e. The first-order valence-corrected chi connectivity index (χ1v) is 4.57. The van der Waals surface area contributed by atoms with E-state index in [1.807, 2.05) is 6.08 Å². The van der Waals surface area contributed by atoms with Crippen LogP contribution in [0, 0.1) is 5.92 Å². The molecule has 0 N–H and O–H groups in total. The van der Waals surface area contributed by atoms with Crippen LogP contribution >= 0.6 is 0 Å². The number of hydrogen-bond donors (Lipinski definition) is 0. The summed E-state index contributed by atoms with van der Waals surface area (Å²) in [6, 6.07) is 0. The van der Waals surface area contributed by atoms with E-state index in [2.05, 4.69) is 11.6 Å². The molecule has 4 nitrogen and oxygen atoms in total. The maximum absolute atomic E-state index is 11.5. The maximum Gasteiger partial charge on any atom is 0.223 e.